The molecule has 1 aliphatic carbocycles. The van der Waals surface area contributed by atoms with Gasteiger partial charge in [-0.05, 0) is 95.7 Å². The number of fused-ring (bicyclic) bond motifs is 13. The summed E-state index contributed by atoms with van der Waals surface area (Å²) in [7, 11) is 0. The molecule has 47 heavy (non-hydrogen) atoms. The molecule has 0 saturated heterocycles. The van der Waals surface area contributed by atoms with Crippen LogP contribution in [-0.4, -0.2) is 9.38 Å². The zero-order valence-electron chi connectivity index (χ0n) is 25.4. The smallest absolute Gasteiger partial charge is 0.147 e. The van der Waals surface area contributed by atoms with Crippen LogP contribution < -0.4 is 0 Å². The Labute approximate surface area is 270 Å². The Morgan fingerprint density at radius 2 is 1.04 bits per heavy atom. The minimum atomic E-state index is 1.00. The maximum Gasteiger partial charge on any atom is 0.147 e. The zero-order chi connectivity index (χ0) is 30.6. The molecule has 0 spiro atoms. The maximum absolute atomic E-state index is 5.23. The second kappa shape index (κ2) is 9.15. The van der Waals surface area contributed by atoms with Gasteiger partial charge in [-0.2, -0.15) is 0 Å². The molecule has 11 rings (SSSR count). The predicted molar refractivity (Wildman–Crippen MR) is 198 cm³/mol. The molecule has 0 N–H and O–H groups in total. The lowest BCUT2D eigenvalue weighted by Gasteiger charge is -2.14. The van der Waals surface area contributed by atoms with Crippen molar-refractivity contribution in [2.75, 3.05) is 0 Å². The van der Waals surface area contributed by atoms with E-state index in [2.05, 4.69) is 162 Å². The summed E-state index contributed by atoms with van der Waals surface area (Å²) in [6.45, 7) is 0. The van der Waals surface area contributed by atoms with Crippen LogP contribution >= 0.6 is 0 Å². The quantitative estimate of drug-likeness (QED) is 0.182. The van der Waals surface area contributed by atoms with Crippen molar-refractivity contribution in [2.45, 2.75) is 0 Å². The second-order valence-electron chi connectivity index (χ2n) is 12.7. The first-order valence-corrected chi connectivity index (χ1v) is 16.2. The van der Waals surface area contributed by atoms with Crippen molar-refractivity contribution in [2.24, 2.45) is 0 Å². The highest BCUT2D eigenvalue weighted by Gasteiger charge is 2.22. The van der Waals surface area contributed by atoms with Crippen LogP contribution in [-0.2, 0) is 0 Å². The van der Waals surface area contributed by atoms with Crippen LogP contribution in [0.2, 0.25) is 0 Å². The lowest BCUT2D eigenvalue weighted by Crippen LogP contribution is -1.93. The number of pyridine rings is 1. The van der Waals surface area contributed by atoms with Gasteiger partial charge < -0.3 is 0 Å². The van der Waals surface area contributed by atoms with Gasteiger partial charge in [0.2, 0.25) is 0 Å². The molecule has 216 valence electrons. The number of hydrogen-bond acceptors (Lipinski definition) is 1. The highest BCUT2D eigenvalue weighted by molar-refractivity contribution is 6.23. The number of benzene rings is 8. The van der Waals surface area contributed by atoms with Crippen molar-refractivity contribution in [3.8, 4) is 44.5 Å². The fourth-order valence-electron chi connectivity index (χ4n) is 8.22. The molecule has 0 amide bonds. The van der Waals surface area contributed by atoms with Crippen molar-refractivity contribution < 1.29 is 0 Å². The van der Waals surface area contributed by atoms with E-state index in [1.165, 1.54) is 87.7 Å². The van der Waals surface area contributed by atoms with Crippen LogP contribution in [0.4, 0.5) is 0 Å². The van der Waals surface area contributed by atoms with E-state index in [0.717, 1.165) is 16.7 Å². The van der Waals surface area contributed by atoms with Gasteiger partial charge in [0.15, 0.2) is 0 Å². The average molecular weight is 595 g/mol. The Morgan fingerprint density at radius 1 is 0.362 bits per heavy atom. The average Bonchev–Trinajstić information content (AvgIpc) is 3.69. The van der Waals surface area contributed by atoms with Crippen molar-refractivity contribution in [3.05, 3.63) is 158 Å². The molecule has 0 radical (unpaired) electrons. The lowest BCUT2D eigenvalue weighted by atomic mass is 9.92. The van der Waals surface area contributed by atoms with Gasteiger partial charge in [-0.15, -0.1) is 0 Å². The number of para-hydroxylation sites is 2. The highest BCUT2D eigenvalue weighted by atomic mass is 15.0. The van der Waals surface area contributed by atoms with Crippen LogP contribution in [0.1, 0.15) is 0 Å². The van der Waals surface area contributed by atoms with Crippen LogP contribution in [0.3, 0.4) is 0 Å². The Bertz CT molecular complexity index is 2930. The molecule has 2 nitrogen and oxygen atoms in total. The Balaban J connectivity index is 1.15. The molecular formula is C45H26N2. The third kappa shape index (κ3) is 3.36. The van der Waals surface area contributed by atoms with E-state index in [1.54, 1.807) is 0 Å². The van der Waals surface area contributed by atoms with E-state index in [4.69, 9.17) is 4.98 Å². The number of aromatic nitrogens is 2. The Hall–Kier alpha value is -6.25. The molecule has 0 fully saturated rings. The number of rotatable bonds is 2. The predicted octanol–water partition coefficient (Wildman–Crippen LogP) is 12.1. The fraction of sp³-hybridized carbons (Fsp3) is 0. The minimum absolute atomic E-state index is 1.00. The normalized spacial score (nSPS) is 12.3. The zero-order valence-corrected chi connectivity index (χ0v) is 25.4. The topological polar surface area (TPSA) is 17.3 Å². The maximum atomic E-state index is 5.23. The van der Waals surface area contributed by atoms with Gasteiger partial charge in [-0.1, -0.05) is 133 Å². The third-order valence-corrected chi connectivity index (χ3v) is 10.3. The second-order valence-corrected chi connectivity index (χ2v) is 12.7. The van der Waals surface area contributed by atoms with Gasteiger partial charge in [-0.25, -0.2) is 4.98 Å². The number of nitrogens with zero attached hydrogens (tertiary/aromatic N) is 2. The van der Waals surface area contributed by atoms with Crippen molar-refractivity contribution in [3.63, 3.8) is 0 Å². The van der Waals surface area contributed by atoms with Gasteiger partial charge in [0, 0.05) is 10.8 Å². The monoisotopic (exact) mass is 594 g/mol. The molecular weight excluding hydrogens is 569 g/mol. The summed E-state index contributed by atoms with van der Waals surface area (Å²) in [6, 6.07) is 57.8. The van der Waals surface area contributed by atoms with E-state index >= 15 is 0 Å². The number of hydrogen-bond donors (Lipinski definition) is 0. The van der Waals surface area contributed by atoms with E-state index < -0.39 is 0 Å². The summed E-state index contributed by atoms with van der Waals surface area (Å²) in [5.74, 6) is 0. The van der Waals surface area contributed by atoms with E-state index in [-0.39, 0.29) is 0 Å². The van der Waals surface area contributed by atoms with Crippen LogP contribution in [0.15, 0.2) is 158 Å². The molecule has 2 heterocycles. The van der Waals surface area contributed by atoms with Gasteiger partial charge in [0.25, 0.3) is 0 Å². The summed E-state index contributed by atoms with van der Waals surface area (Å²) in [5, 5.41) is 8.79. The first-order chi connectivity index (χ1) is 23.3. The molecule has 0 atom stereocenters. The SMILES string of the molecule is c1cc(-c2ccc3c4ccc5ccccc5c4c4nc5ccccc5n4c3c2)cc(-c2ccc3c4c(cccc24)-c2ccccc2-3)c1. The van der Waals surface area contributed by atoms with Crippen LogP contribution in [0.25, 0.3) is 104 Å². The third-order valence-electron chi connectivity index (χ3n) is 10.3. The Morgan fingerprint density at radius 3 is 1.98 bits per heavy atom. The van der Waals surface area contributed by atoms with Crippen LogP contribution in [0, 0.1) is 0 Å². The first-order valence-electron chi connectivity index (χ1n) is 16.2. The van der Waals surface area contributed by atoms with Gasteiger partial charge in [-0.3, -0.25) is 4.40 Å². The van der Waals surface area contributed by atoms with Gasteiger partial charge >= 0.3 is 0 Å². The molecule has 2 aromatic heterocycles. The molecule has 0 aliphatic heterocycles. The van der Waals surface area contributed by atoms with Crippen molar-refractivity contribution in [1.82, 2.24) is 9.38 Å². The molecule has 2 heteroatoms. The molecule has 0 unspecified atom stereocenters. The van der Waals surface area contributed by atoms with Crippen LogP contribution in [0.5, 0.6) is 0 Å². The Kier molecular flexibility index (Phi) is 4.87. The molecule has 0 bridgehead atoms. The lowest BCUT2D eigenvalue weighted by molar-refractivity contribution is 1.32. The van der Waals surface area contributed by atoms with Gasteiger partial charge in [0.1, 0.15) is 5.65 Å². The summed E-state index contributed by atoms with van der Waals surface area (Å²) >= 11 is 0. The molecule has 1 aliphatic rings. The first kappa shape index (κ1) is 25.0. The minimum Gasteiger partial charge on any atom is -0.292 e. The summed E-state index contributed by atoms with van der Waals surface area (Å²) in [4.78, 5) is 5.23. The highest BCUT2D eigenvalue weighted by Crippen LogP contribution is 2.49. The fourth-order valence-corrected chi connectivity index (χ4v) is 8.22. The van der Waals surface area contributed by atoms with E-state index in [9.17, 15) is 0 Å². The van der Waals surface area contributed by atoms with Crippen molar-refractivity contribution >= 4 is 59.9 Å². The van der Waals surface area contributed by atoms with Gasteiger partial charge in [0.05, 0.1) is 16.6 Å². The van der Waals surface area contributed by atoms with E-state index in [0.29, 0.717) is 0 Å². The summed E-state index contributed by atoms with van der Waals surface area (Å²) < 4.78 is 2.37. The number of imidazole rings is 1. The summed E-state index contributed by atoms with van der Waals surface area (Å²) in [6.07, 6.45) is 0. The standard InChI is InChI=1S/C45H26N2/c1-2-12-32-27(9-1)19-22-39-35-21-20-29(26-42(35)47-41-18-6-5-17-40(41)46-45(47)44(32)39)28-10-7-11-30(25-28)31-23-24-38-34-14-4-3-13-33(34)37-16-8-15-36(31)43(37)38/h1-26H. The molecule has 8 aromatic carbocycles. The largest absolute Gasteiger partial charge is 0.292 e. The van der Waals surface area contributed by atoms with Crippen molar-refractivity contribution in [1.29, 1.82) is 0 Å². The molecule has 0 saturated carbocycles. The van der Waals surface area contributed by atoms with E-state index in [1.807, 2.05) is 0 Å². The summed E-state index contributed by atoms with van der Waals surface area (Å²) in [5.41, 5.74) is 14.5. The molecule has 10 aromatic rings.